The van der Waals surface area contributed by atoms with E-state index in [1.165, 1.54) is 0 Å². The van der Waals surface area contributed by atoms with E-state index in [1.807, 2.05) is 0 Å². The minimum absolute atomic E-state index is 0.287. The van der Waals surface area contributed by atoms with E-state index in [0.29, 0.717) is 35.5 Å². The first-order chi connectivity index (χ1) is 12.5. The fraction of sp³-hybridized carbons (Fsp3) is 0.667. The van der Waals surface area contributed by atoms with Gasteiger partial charge < -0.3 is 14.2 Å². The molecule has 0 N–H and O–H groups in total. The van der Waals surface area contributed by atoms with E-state index in [1.54, 1.807) is 12.1 Å². The number of anilines is 1. The third-order valence-corrected chi connectivity index (χ3v) is 5.19. The van der Waals surface area contributed by atoms with Crippen molar-refractivity contribution in [1.82, 2.24) is 20.3 Å². The topological polar surface area (TPSA) is 77.2 Å². The van der Waals surface area contributed by atoms with E-state index >= 15 is 0 Å². The maximum absolute atomic E-state index is 5.72. The summed E-state index contributed by atoms with van der Waals surface area (Å²) in [5.41, 5.74) is 0. The lowest BCUT2D eigenvalue weighted by Crippen LogP contribution is -2.36. The van der Waals surface area contributed by atoms with Gasteiger partial charge in [0.1, 0.15) is 0 Å². The Hall–Kier alpha value is -1.89. The molecule has 1 fully saturated rings. The van der Waals surface area contributed by atoms with Crippen molar-refractivity contribution in [2.75, 3.05) is 24.6 Å². The number of rotatable bonds is 7. The van der Waals surface area contributed by atoms with Crippen LogP contribution >= 0.6 is 11.6 Å². The molecule has 0 aromatic carbocycles. The highest BCUT2D eigenvalue weighted by atomic mass is 35.5. The van der Waals surface area contributed by atoms with Gasteiger partial charge in [-0.05, 0) is 37.2 Å². The lowest BCUT2D eigenvalue weighted by atomic mass is 9.84. The smallest absolute Gasteiger partial charge is 0.324 e. The molecule has 2 aromatic heterocycles. The molecular weight excluding hydrogens is 354 g/mol. The molecule has 0 radical (unpaired) electrons. The summed E-state index contributed by atoms with van der Waals surface area (Å²) in [6, 6.07) is 4.09. The molecule has 3 rings (SSSR count). The predicted octanol–water partition coefficient (Wildman–Crippen LogP) is 3.96. The molecule has 2 aromatic rings. The fourth-order valence-electron chi connectivity index (χ4n) is 3.21. The number of hydrogen-bond donors (Lipinski definition) is 0. The maximum atomic E-state index is 5.72. The summed E-state index contributed by atoms with van der Waals surface area (Å²) < 4.78 is 11.1. The second kappa shape index (κ2) is 8.66. The largest absolute Gasteiger partial charge is 0.477 e. The minimum Gasteiger partial charge on any atom is -0.477 e. The van der Waals surface area contributed by atoms with Crippen LogP contribution in [0.1, 0.15) is 51.8 Å². The molecule has 1 aliphatic rings. The van der Waals surface area contributed by atoms with E-state index in [0.717, 1.165) is 38.2 Å². The van der Waals surface area contributed by atoms with E-state index in [4.69, 9.17) is 20.9 Å². The highest BCUT2D eigenvalue weighted by Crippen LogP contribution is 2.29. The molecule has 0 bridgehead atoms. The van der Waals surface area contributed by atoms with Gasteiger partial charge in [-0.3, -0.25) is 0 Å². The summed E-state index contributed by atoms with van der Waals surface area (Å²) in [6.07, 6.45) is 3.25. The van der Waals surface area contributed by atoms with Crippen molar-refractivity contribution in [2.45, 2.75) is 46.0 Å². The van der Waals surface area contributed by atoms with E-state index in [2.05, 4.69) is 46.0 Å². The highest BCUT2D eigenvalue weighted by molar-refractivity contribution is 6.29. The zero-order valence-electron chi connectivity index (χ0n) is 15.6. The van der Waals surface area contributed by atoms with Crippen LogP contribution in [0.25, 0.3) is 0 Å². The third-order valence-electron chi connectivity index (χ3n) is 4.99. The molecule has 0 spiro atoms. The monoisotopic (exact) mass is 379 g/mol. The van der Waals surface area contributed by atoms with Crippen LogP contribution < -0.4 is 9.64 Å². The molecule has 7 nitrogen and oxygen atoms in total. The average Bonchev–Trinajstić information content (AvgIpc) is 3.14. The lowest BCUT2D eigenvalue weighted by molar-refractivity contribution is 0.215. The summed E-state index contributed by atoms with van der Waals surface area (Å²) in [5.74, 6) is 2.85. The van der Waals surface area contributed by atoms with Crippen LogP contribution in [0, 0.1) is 11.8 Å². The number of nitrogens with zero attached hydrogens (tertiary/aromatic N) is 5. The molecule has 1 atom stereocenters. The van der Waals surface area contributed by atoms with Crippen LogP contribution in [0.5, 0.6) is 5.88 Å². The Kier molecular flexibility index (Phi) is 6.29. The maximum Gasteiger partial charge on any atom is 0.324 e. The van der Waals surface area contributed by atoms with Gasteiger partial charge in [-0.25, -0.2) is 0 Å². The van der Waals surface area contributed by atoms with Crippen molar-refractivity contribution in [2.24, 2.45) is 11.8 Å². The van der Waals surface area contributed by atoms with Gasteiger partial charge in [-0.2, -0.15) is 4.98 Å². The zero-order chi connectivity index (χ0) is 18.5. The second-order valence-electron chi connectivity index (χ2n) is 7.22. The van der Waals surface area contributed by atoms with Crippen molar-refractivity contribution < 1.29 is 9.26 Å². The summed E-state index contributed by atoms with van der Waals surface area (Å²) in [7, 11) is 0. The first-order valence-electron chi connectivity index (χ1n) is 9.23. The van der Waals surface area contributed by atoms with Crippen LogP contribution in [-0.2, 0) is 0 Å². The predicted molar refractivity (Wildman–Crippen MR) is 99.6 cm³/mol. The molecular formula is C18H26ClN5O2. The van der Waals surface area contributed by atoms with Crippen molar-refractivity contribution in [3.05, 3.63) is 23.1 Å². The highest BCUT2D eigenvalue weighted by Gasteiger charge is 2.26. The van der Waals surface area contributed by atoms with E-state index in [9.17, 15) is 0 Å². The molecule has 0 amide bonds. The minimum atomic E-state index is 0.287. The lowest BCUT2D eigenvalue weighted by Gasteiger charge is -2.33. The van der Waals surface area contributed by atoms with Crippen LogP contribution in [0.2, 0.25) is 5.15 Å². The van der Waals surface area contributed by atoms with Crippen molar-refractivity contribution in [1.29, 1.82) is 0 Å². The van der Waals surface area contributed by atoms with Gasteiger partial charge >= 0.3 is 6.01 Å². The van der Waals surface area contributed by atoms with Gasteiger partial charge in [0, 0.05) is 25.1 Å². The zero-order valence-corrected chi connectivity index (χ0v) is 16.3. The van der Waals surface area contributed by atoms with Crippen molar-refractivity contribution in [3.63, 3.8) is 0 Å². The molecule has 1 aliphatic heterocycles. The molecule has 1 saturated heterocycles. The Morgan fingerprint density at radius 3 is 2.62 bits per heavy atom. The van der Waals surface area contributed by atoms with Gasteiger partial charge in [0.25, 0.3) is 0 Å². The van der Waals surface area contributed by atoms with Crippen molar-refractivity contribution in [3.8, 4) is 5.88 Å². The van der Waals surface area contributed by atoms with Crippen molar-refractivity contribution >= 4 is 17.6 Å². The number of aromatic nitrogens is 4. The average molecular weight is 380 g/mol. The number of piperidine rings is 1. The van der Waals surface area contributed by atoms with Crippen LogP contribution in [0.3, 0.4) is 0 Å². The summed E-state index contributed by atoms with van der Waals surface area (Å²) in [6.45, 7) is 8.98. The molecule has 0 unspecified atom stereocenters. The standard InChI is InChI=1S/C18H26ClN5O2/c1-12(2)17-20-18(26-23-17)24-9-6-14(7-10-24)13(3)8-11-25-16-5-4-15(19)21-22-16/h4-5,12-14H,6-11H2,1-3H3/t13-/m1/s1. The molecule has 26 heavy (non-hydrogen) atoms. The Bertz CT molecular complexity index is 683. The van der Waals surface area contributed by atoms with Gasteiger partial charge in [-0.1, -0.05) is 37.5 Å². The Morgan fingerprint density at radius 2 is 2.00 bits per heavy atom. The Balaban J connectivity index is 1.41. The van der Waals surface area contributed by atoms with Gasteiger partial charge in [0.2, 0.25) is 5.88 Å². The number of hydrogen-bond acceptors (Lipinski definition) is 7. The van der Waals surface area contributed by atoms with Crippen LogP contribution in [0.4, 0.5) is 6.01 Å². The number of halogens is 1. The molecule has 0 saturated carbocycles. The number of ether oxygens (including phenoxy) is 1. The fourth-order valence-corrected chi connectivity index (χ4v) is 3.32. The summed E-state index contributed by atoms with van der Waals surface area (Å²) >= 11 is 5.72. The van der Waals surface area contributed by atoms with Gasteiger partial charge in [0.05, 0.1) is 6.61 Å². The molecule has 3 heterocycles. The quantitative estimate of drug-likeness (QED) is 0.720. The van der Waals surface area contributed by atoms with E-state index in [-0.39, 0.29) is 5.92 Å². The summed E-state index contributed by atoms with van der Waals surface area (Å²) in [4.78, 5) is 6.69. The van der Waals surface area contributed by atoms with Crippen LogP contribution in [-0.4, -0.2) is 40.0 Å². The Morgan fingerprint density at radius 1 is 1.23 bits per heavy atom. The Labute approximate surface area is 159 Å². The third kappa shape index (κ3) is 4.84. The first kappa shape index (κ1) is 18.9. The molecule has 142 valence electrons. The first-order valence-corrected chi connectivity index (χ1v) is 9.61. The van der Waals surface area contributed by atoms with Gasteiger partial charge in [-0.15, -0.1) is 10.2 Å². The molecule has 8 heteroatoms. The van der Waals surface area contributed by atoms with E-state index < -0.39 is 0 Å². The normalized spacial score (nSPS) is 16.9. The van der Waals surface area contributed by atoms with Gasteiger partial charge in [0.15, 0.2) is 11.0 Å². The van der Waals surface area contributed by atoms with Crippen LogP contribution in [0.15, 0.2) is 16.7 Å². The summed E-state index contributed by atoms with van der Waals surface area (Å²) in [5, 5.41) is 12.1. The second-order valence-corrected chi connectivity index (χ2v) is 7.61. The molecule has 0 aliphatic carbocycles. The SMILES string of the molecule is CC(C)c1noc(N2CCC([C@H](C)CCOc3ccc(Cl)nn3)CC2)n1.